The van der Waals surface area contributed by atoms with E-state index in [4.69, 9.17) is 4.74 Å². The smallest absolute Gasteiger partial charge is 0.248 e. The fraction of sp³-hybridized carbons (Fsp3) is 0.269. The van der Waals surface area contributed by atoms with Gasteiger partial charge in [0.05, 0.1) is 11.9 Å². The van der Waals surface area contributed by atoms with Crippen molar-refractivity contribution in [3.8, 4) is 5.75 Å². The van der Waals surface area contributed by atoms with E-state index in [1.165, 1.54) is 4.31 Å². The quantitative estimate of drug-likeness (QED) is 0.478. The minimum absolute atomic E-state index is 0.324. The third-order valence-corrected chi connectivity index (χ3v) is 6.62. The number of nitrogens with zero attached hydrogens (tertiary/aromatic N) is 1. The molecule has 6 nitrogen and oxygen atoms in total. The topological polar surface area (TPSA) is 75.7 Å². The van der Waals surface area contributed by atoms with Crippen molar-refractivity contribution >= 4 is 27.3 Å². The molecule has 0 aliphatic rings. The molecule has 1 N–H and O–H groups in total. The Balaban J connectivity index is 1.74. The Hall–Kier alpha value is -3.32. The van der Waals surface area contributed by atoms with Crippen LogP contribution >= 0.6 is 0 Å². The fourth-order valence-electron chi connectivity index (χ4n) is 3.52. The van der Waals surface area contributed by atoms with Gasteiger partial charge in [-0.2, -0.15) is 0 Å². The van der Waals surface area contributed by atoms with Crippen molar-refractivity contribution in [1.29, 1.82) is 0 Å². The summed E-state index contributed by atoms with van der Waals surface area (Å²) in [6, 6.07) is 21.4. The van der Waals surface area contributed by atoms with E-state index in [-0.39, 0.29) is 5.91 Å². The van der Waals surface area contributed by atoms with Crippen molar-refractivity contribution in [2.24, 2.45) is 0 Å². The summed E-state index contributed by atoms with van der Waals surface area (Å²) in [4.78, 5) is 13.1. The summed E-state index contributed by atoms with van der Waals surface area (Å²) in [6.07, 6.45) is 1.45. The number of carbonyl (C=O) groups excluding carboxylic acids is 1. The largest absolute Gasteiger partial charge is 0.489 e. The maximum atomic E-state index is 13.1. The van der Waals surface area contributed by atoms with Crippen molar-refractivity contribution in [3.05, 3.63) is 89.5 Å². The lowest BCUT2D eigenvalue weighted by molar-refractivity contribution is -0.117. The van der Waals surface area contributed by atoms with E-state index in [0.29, 0.717) is 30.2 Å². The maximum Gasteiger partial charge on any atom is 0.248 e. The summed E-state index contributed by atoms with van der Waals surface area (Å²) in [5, 5.41) is 2.84. The van der Waals surface area contributed by atoms with Gasteiger partial charge >= 0.3 is 0 Å². The first-order chi connectivity index (χ1) is 15.7. The van der Waals surface area contributed by atoms with Gasteiger partial charge in [0, 0.05) is 5.69 Å². The number of rotatable bonds is 9. The predicted octanol–water partition coefficient (Wildman–Crippen LogP) is 5.07. The molecule has 3 rings (SSSR count). The van der Waals surface area contributed by atoms with Crippen LogP contribution in [0.4, 0.5) is 11.4 Å². The van der Waals surface area contributed by atoms with E-state index in [1.807, 2.05) is 50.2 Å². The molecular weight excluding hydrogens is 436 g/mol. The van der Waals surface area contributed by atoms with E-state index >= 15 is 0 Å². The van der Waals surface area contributed by atoms with E-state index in [2.05, 4.69) is 5.32 Å². The SMILES string of the molecule is CC[C@@H](C(=O)Nc1ccc(OCc2ccccc2)cc1)N(c1ccc(C)c(C)c1)S(C)(=O)=O. The van der Waals surface area contributed by atoms with Crippen LogP contribution in [-0.4, -0.2) is 26.6 Å². The molecule has 0 heterocycles. The van der Waals surface area contributed by atoms with Gasteiger partial charge in [-0.25, -0.2) is 8.42 Å². The summed E-state index contributed by atoms with van der Waals surface area (Å²) >= 11 is 0. The normalized spacial score (nSPS) is 12.1. The Kier molecular flexibility index (Phi) is 7.76. The summed E-state index contributed by atoms with van der Waals surface area (Å²) in [5.74, 6) is 0.288. The monoisotopic (exact) mass is 466 g/mol. The highest BCUT2D eigenvalue weighted by molar-refractivity contribution is 7.92. The van der Waals surface area contributed by atoms with E-state index in [1.54, 1.807) is 43.3 Å². The highest BCUT2D eigenvalue weighted by Crippen LogP contribution is 2.26. The number of anilines is 2. The van der Waals surface area contributed by atoms with Gasteiger partial charge in [-0.05, 0) is 73.4 Å². The Morgan fingerprint density at radius 3 is 2.21 bits per heavy atom. The second-order valence-electron chi connectivity index (χ2n) is 8.04. The molecule has 0 aliphatic carbocycles. The zero-order valence-corrected chi connectivity index (χ0v) is 20.2. The molecular formula is C26H30N2O4S. The molecule has 0 aliphatic heterocycles. The van der Waals surface area contributed by atoms with Crippen LogP contribution in [0.5, 0.6) is 5.75 Å². The fourth-order valence-corrected chi connectivity index (χ4v) is 4.73. The Bertz CT molecular complexity index is 1190. The number of benzene rings is 3. The van der Waals surface area contributed by atoms with Crippen LogP contribution in [0.25, 0.3) is 0 Å². The molecule has 0 fully saturated rings. The number of nitrogens with one attached hydrogen (secondary N) is 1. The van der Waals surface area contributed by atoms with Gasteiger partial charge in [-0.3, -0.25) is 9.10 Å². The summed E-state index contributed by atoms with van der Waals surface area (Å²) in [5.41, 5.74) is 4.13. The molecule has 1 atom stereocenters. The first-order valence-electron chi connectivity index (χ1n) is 10.8. The lowest BCUT2D eigenvalue weighted by Crippen LogP contribution is -2.47. The zero-order valence-electron chi connectivity index (χ0n) is 19.4. The average Bonchev–Trinajstić information content (AvgIpc) is 2.78. The molecule has 3 aromatic carbocycles. The van der Waals surface area contributed by atoms with Gasteiger partial charge < -0.3 is 10.1 Å². The molecule has 1 amide bonds. The minimum Gasteiger partial charge on any atom is -0.489 e. The molecule has 0 radical (unpaired) electrons. The molecule has 0 unspecified atom stereocenters. The molecule has 7 heteroatoms. The number of ether oxygens (including phenoxy) is 1. The highest BCUT2D eigenvalue weighted by Gasteiger charge is 2.31. The molecule has 33 heavy (non-hydrogen) atoms. The number of carbonyl (C=O) groups is 1. The summed E-state index contributed by atoms with van der Waals surface area (Å²) in [6.45, 7) is 6.12. The number of hydrogen-bond acceptors (Lipinski definition) is 4. The maximum absolute atomic E-state index is 13.1. The highest BCUT2D eigenvalue weighted by atomic mass is 32.2. The van der Waals surface area contributed by atoms with E-state index in [9.17, 15) is 13.2 Å². The van der Waals surface area contributed by atoms with Gasteiger partial charge in [0.2, 0.25) is 15.9 Å². The van der Waals surface area contributed by atoms with Crippen LogP contribution in [-0.2, 0) is 21.4 Å². The van der Waals surface area contributed by atoms with Crippen molar-refractivity contribution in [2.45, 2.75) is 39.8 Å². The third-order valence-electron chi connectivity index (χ3n) is 5.44. The molecule has 0 saturated heterocycles. The predicted molar refractivity (Wildman–Crippen MR) is 133 cm³/mol. The minimum atomic E-state index is -3.68. The van der Waals surface area contributed by atoms with Gasteiger partial charge in [0.25, 0.3) is 0 Å². The Labute approximate surface area is 196 Å². The molecule has 3 aromatic rings. The number of sulfonamides is 1. The standard InChI is InChI=1S/C26H30N2O4S/c1-5-25(28(33(4,30)31)23-14-11-19(2)20(3)17-23)26(29)27-22-12-15-24(16-13-22)32-18-21-9-7-6-8-10-21/h6-17,25H,5,18H2,1-4H3,(H,27,29)/t25-/m0/s1. The average molecular weight is 467 g/mol. The third kappa shape index (κ3) is 6.35. The lowest BCUT2D eigenvalue weighted by atomic mass is 10.1. The van der Waals surface area contributed by atoms with Crippen molar-refractivity contribution in [3.63, 3.8) is 0 Å². The van der Waals surface area contributed by atoms with Gasteiger partial charge in [-0.15, -0.1) is 0 Å². The number of hydrogen-bond donors (Lipinski definition) is 1. The van der Waals surface area contributed by atoms with Crippen LogP contribution in [0.1, 0.15) is 30.0 Å². The molecule has 0 spiro atoms. The van der Waals surface area contributed by atoms with Crippen molar-refractivity contribution in [2.75, 3.05) is 15.9 Å². The lowest BCUT2D eigenvalue weighted by Gasteiger charge is -2.30. The second kappa shape index (κ2) is 10.5. The Morgan fingerprint density at radius 1 is 0.970 bits per heavy atom. The van der Waals surface area contributed by atoms with Gasteiger partial charge in [0.15, 0.2) is 0 Å². The molecule has 174 valence electrons. The van der Waals surface area contributed by atoms with Crippen molar-refractivity contribution in [1.82, 2.24) is 0 Å². The number of amides is 1. The molecule has 0 aromatic heterocycles. The molecule has 0 bridgehead atoms. The summed E-state index contributed by atoms with van der Waals surface area (Å²) < 4.78 is 32.3. The van der Waals surface area contributed by atoms with Crippen LogP contribution in [0.15, 0.2) is 72.8 Å². The van der Waals surface area contributed by atoms with Crippen LogP contribution in [0.3, 0.4) is 0 Å². The molecule has 0 saturated carbocycles. The van der Waals surface area contributed by atoms with E-state index in [0.717, 1.165) is 22.9 Å². The first-order valence-corrected chi connectivity index (χ1v) is 12.7. The second-order valence-corrected chi connectivity index (χ2v) is 9.90. The van der Waals surface area contributed by atoms with Gasteiger partial charge in [0.1, 0.15) is 18.4 Å². The van der Waals surface area contributed by atoms with Crippen LogP contribution < -0.4 is 14.4 Å². The van der Waals surface area contributed by atoms with Crippen LogP contribution in [0, 0.1) is 13.8 Å². The zero-order chi connectivity index (χ0) is 24.0. The van der Waals surface area contributed by atoms with Gasteiger partial charge in [-0.1, -0.05) is 43.3 Å². The summed E-state index contributed by atoms with van der Waals surface area (Å²) in [7, 11) is -3.68. The van der Waals surface area contributed by atoms with Crippen LogP contribution in [0.2, 0.25) is 0 Å². The van der Waals surface area contributed by atoms with E-state index < -0.39 is 16.1 Å². The first kappa shape index (κ1) is 24.3. The van der Waals surface area contributed by atoms with Crippen molar-refractivity contribution < 1.29 is 17.9 Å². The number of aryl methyl sites for hydroxylation is 2. The Morgan fingerprint density at radius 2 is 1.64 bits per heavy atom.